The highest BCUT2D eigenvalue weighted by Crippen LogP contribution is 2.13. The third-order valence-corrected chi connectivity index (χ3v) is 2.70. The smallest absolute Gasteiger partial charge is 0.291 e. The lowest BCUT2D eigenvalue weighted by Gasteiger charge is -2.12. The van der Waals surface area contributed by atoms with Crippen LogP contribution in [0.3, 0.4) is 0 Å². The van der Waals surface area contributed by atoms with Gasteiger partial charge in [0.2, 0.25) is 0 Å². The molecule has 0 amide bonds. The lowest BCUT2D eigenvalue weighted by Crippen LogP contribution is -2.17. The van der Waals surface area contributed by atoms with E-state index in [2.05, 4.69) is 4.98 Å². The van der Waals surface area contributed by atoms with Gasteiger partial charge in [0, 0.05) is 26.0 Å². The molecule has 0 fully saturated rings. The van der Waals surface area contributed by atoms with Crippen LogP contribution in [-0.4, -0.2) is 28.5 Å². The molecule has 0 atom stereocenters. The first kappa shape index (κ1) is 13.6. The van der Waals surface area contributed by atoms with Crippen LogP contribution in [0.15, 0.2) is 47.7 Å². The number of hydrogen-bond donors (Lipinski definition) is 0. The van der Waals surface area contributed by atoms with Crippen LogP contribution in [0.1, 0.15) is 11.3 Å². The van der Waals surface area contributed by atoms with Gasteiger partial charge in [-0.2, -0.15) is 10.2 Å². The predicted octanol–water partition coefficient (Wildman–Crippen LogP) is 1.64. The van der Waals surface area contributed by atoms with E-state index in [1.165, 1.54) is 6.33 Å². The van der Waals surface area contributed by atoms with Gasteiger partial charge in [-0.1, -0.05) is 18.2 Å². The van der Waals surface area contributed by atoms with Crippen molar-refractivity contribution in [2.45, 2.75) is 0 Å². The third-order valence-electron chi connectivity index (χ3n) is 2.70. The molecule has 5 heteroatoms. The van der Waals surface area contributed by atoms with Crippen molar-refractivity contribution >= 4 is 6.08 Å². The summed E-state index contributed by atoms with van der Waals surface area (Å²) >= 11 is 0. The maximum absolute atomic E-state index is 11.7. The molecule has 0 radical (unpaired) electrons. The fourth-order valence-electron chi connectivity index (χ4n) is 1.75. The van der Waals surface area contributed by atoms with Crippen molar-refractivity contribution in [1.29, 1.82) is 5.26 Å². The highest BCUT2D eigenvalue weighted by molar-refractivity contribution is 5.56. The van der Waals surface area contributed by atoms with Crippen molar-refractivity contribution < 1.29 is 0 Å². The number of nitriles is 1. The largest absolute Gasteiger partial charge is 0.383 e. The average Bonchev–Trinajstić information content (AvgIpc) is 2.46. The van der Waals surface area contributed by atoms with Crippen LogP contribution >= 0.6 is 0 Å². The number of para-hydroxylation sites is 1. The van der Waals surface area contributed by atoms with Crippen LogP contribution in [0.25, 0.3) is 11.8 Å². The molecule has 1 heterocycles. The monoisotopic (exact) mass is 266 g/mol. The number of hydrogen-bond acceptors (Lipinski definition) is 4. The molecule has 0 bridgehead atoms. The molecular formula is C15H14N4O. The maximum Gasteiger partial charge on any atom is 0.291 e. The lowest BCUT2D eigenvalue weighted by atomic mass is 10.2. The van der Waals surface area contributed by atoms with E-state index in [0.717, 1.165) is 5.69 Å². The summed E-state index contributed by atoms with van der Waals surface area (Å²) in [5.41, 5.74) is 0.884. The van der Waals surface area contributed by atoms with Crippen LogP contribution in [0.2, 0.25) is 0 Å². The molecule has 0 aliphatic carbocycles. The Morgan fingerprint density at radius 3 is 2.60 bits per heavy atom. The number of rotatable bonds is 3. The van der Waals surface area contributed by atoms with Crippen LogP contribution in [0.4, 0.5) is 0 Å². The standard InChI is InChI=1S/C15H14N4O/c1-18(2)9-8-14-13(10-16)15(20)17-11-19(14)12-6-4-3-5-7-12/h3-9,11H,1-2H3/b9-8+. The van der Waals surface area contributed by atoms with Gasteiger partial charge in [-0.3, -0.25) is 9.36 Å². The zero-order valence-electron chi connectivity index (χ0n) is 11.3. The van der Waals surface area contributed by atoms with Gasteiger partial charge in [0.25, 0.3) is 5.56 Å². The summed E-state index contributed by atoms with van der Waals surface area (Å²) in [5.74, 6) is 0. The second-order valence-electron chi connectivity index (χ2n) is 4.41. The Labute approximate surface area is 117 Å². The lowest BCUT2D eigenvalue weighted by molar-refractivity contribution is 0.567. The van der Waals surface area contributed by atoms with Crippen molar-refractivity contribution in [3.05, 3.63) is 64.5 Å². The molecule has 1 aromatic heterocycles. The molecule has 1 aromatic carbocycles. The molecule has 0 saturated heterocycles. The highest BCUT2D eigenvalue weighted by Gasteiger charge is 2.10. The van der Waals surface area contributed by atoms with Crippen LogP contribution in [-0.2, 0) is 0 Å². The molecule has 20 heavy (non-hydrogen) atoms. The van der Waals surface area contributed by atoms with E-state index in [0.29, 0.717) is 5.69 Å². The summed E-state index contributed by atoms with van der Waals surface area (Å²) in [7, 11) is 3.74. The second-order valence-corrected chi connectivity index (χ2v) is 4.41. The molecule has 0 N–H and O–H groups in total. The summed E-state index contributed by atoms with van der Waals surface area (Å²) in [4.78, 5) is 17.3. The molecule has 2 rings (SSSR count). The van der Waals surface area contributed by atoms with Gasteiger partial charge in [-0.25, -0.2) is 0 Å². The topological polar surface area (TPSA) is 61.9 Å². The van der Waals surface area contributed by atoms with Crippen LogP contribution in [0.5, 0.6) is 0 Å². The summed E-state index contributed by atoms with van der Waals surface area (Å²) in [5, 5.41) is 9.19. The van der Waals surface area contributed by atoms with Gasteiger partial charge in [0.1, 0.15) is 18.0 Å². The van der Waals surface area contributed by atoms with Crippen molar-refractivity contribution in [2.24, 2.45) is 0 Å². The molecule has 100 valence electrons. The van der Waals surface area contributed by atoms with E-state index in [-0.39, 0.29) is 5.56 Å². The molecule has 0 aliphatic heterocycles. The molecular weight excluding hydrogens is 252 g/mol. The summed E-state index contributed by atoms with van der Waals surface area (Å²) in [6.45, 7) is 0. The molecule has 0 saturated carbocycles. The Morgan fingerprint density at radius 2 is 2.00 bits per heavy atom. The zero-order chi connectivity index (χ0) is 14.5. The third kappa shape index (κ3) is 2.75. The second kappa shape index (κ2) is 5.85. The van der Waals surface area contributed by atoms with Crippen molar-refractivity contribution in [2.75, 3.05) is 14.1 Å². The Hall–Kier alpha value is -2.87. The Balaban J connectivity index is 2.70. The Bertz CT molecular complexity index is 724. The highest BCUT2D eigenvalue weighted by atomic mass is 16.1. The minimum Gasteiger partial charge on any atom is -0.383 e. The first-order valence-corrected chi connectivity index (χ1v) is 6.05. The molecule has 0 aliphatic rings. The first-order valence-electron chi connectivity index (χ1n) is 6.05. The Morgan fingerprint density at radius 1 is 1.30 bits per heavy atom. The number of aromatic nitrogens is 2. The van der Waals surface area contributed by atoms with E-state index in [9.17, 15) is 10.1 Å². The fourth-order valence-corrected chi connectivity index (χ4v) is 1.75. The van der Waals surface area contributed by atoms with E-state index in [1.807, 2.05) is 55.4 Å². The molecule has 2 aromatic rings. The zero-order valence-corrected chi connectivity index (χ0v) is 11.3. The SMILES string of the molecule is CN(C)/C=C/c1c(C#N)c(=O)ncn1-c1ccccc1. The van der Waals surface area contributed by atoms with Gasteiger partial charge >= 0.3 is 0 Å². The van der Waals surface area contributed by atoms with Crippen LogP contribution < -0.4 is 5.56 Å². The van der Waals surface area contributed by atoms with Gasteiger partial charge in [0.05, 0.1) is 5.69 Å². The maximum atomic E-state index is 11.7. The van der Waals surface area contributed by atoms with Gasteiger partial charge in [-0.05, 0) is 18.2 Å². The van der Waals surface area contributed by atoms with Gasteiger partial charge in [-0.15, -0.1) is 0 Å². The predicted molar refractivity (Wildman–Crippen MR) is 77.3 cm³/mol. The van der Waals surface area contributed by atoms with Gasteiger partial charge in [0.15, 0.2) is 0 Å². The first-order chi connectivity index (χ1) is 9.63. The van der Waals surface area contributed by atoms with Crippen molar-refractivity contribution in [3.8, 4) is 11.8 Å². The number of benzene rings is 1. The minimum absolute atomic E-state index is 0.0365. The Kier molecular flexibility index (Phi) is 3.96. The van der Waals surface area contributed by atoms with Crippen molar-refractivity contribution in [1.82, 2.24) is 14.5 Å². The molecule has 5 nitrogen and oxygen atoms in total. The van der Waals surface area contributed by atoms with Crippen molar-refractivity contribution in [3.63, 3.8) is 0 Å². The van der Waals surface area contributed by atoms with E-state index in [1.54, 1.807) is 16.8 Å². The van der Waals surface area contributed by atoms with Gasteiger partial charge < -0.3 is 4.90 Å². The molecule has 0 spiro atoms. The molecule has 0 unspecified atom stereocenters. The minimum atomic E-state index is -0.516. The quantitative estimate of drug-likeness (QED) is 0.847. The normalized spacial score (nSPS) is 10.4. The van der Waals surface area contributed by atoms with E-state index < -0.39 is 5.56 Å². The number of nitrogens with zero attached hydrogens (tertiary/aromatic N) is 4. The van der Waals surface area contributed by atoms with E-state index >= 15 is 0 Å². The average molecular weight is 266 g/mol. The summed E-state index contributed by atoms with van der Waals surface area (Å²) in [6, 6.07) is 11.4. The van der Waals surface area contributed by atoms with E-state index in [4.69, 9.17) is 0 Å². The van der Waals surface area contributed by atoms with Crippen LogP contribution in [0, 0.1) is 11.3 Å². The summed E-state index contributed by atoms with van der Waals surface area (Å²) < 4.78 is 1.72. The fraction of sp³-hybridized carbons (Fsp3) is 0.133. The summed E-state index contributed by atoms with van der Waals surface area (Å²) in [6.07, 6.45) is 4.96.